The van der Waals surface area contributed by atoms with E-state index in [1.165, 1.54) is 4.90 Å². The molecule has 0 bridgehead atoms. The summed E-state index contributed by atoms with van der Waals surface area (Å²) in [6, 6.07) is 4.98. The topological polar surface area (TPSA) is 47.6 Å². The van der Waals surface area contributed by atoms with Gasteiger partial charge in [0.05, 0.1) is 18.0 Å². The molecular weight excluding hydrogens is 252 g/mol. The summed E-state index contributed by atoms with van der Waals surface area (Å²) in [6.45, 7) is 10.5. The van der Waals surface area contributed by atoms with Crippen molar-refractivity contribution in [2.75, 3.05) is 13.1 Å². The Kier molecular flexibility index (Phi) is 5.31. The fourth-order valence-corrected chi connectivity index (χ4v) is 2.02. The lowest BCUT2D eigenvalue weighted by Crippen LogP contribution is -3.10. The van der Waals surface area contributed by atoms with E-state index in [-0.39, 0.29) is 10.7 Å². The second-order valence-electron chi connectivity index (χ2n) is 4.46. The van der Waals surface area contributed by atoms with Crippen molar-refractivity contribution in [1.29, 1.82) is 0 Å². The number of rotatable bonds is 6. The highest BCUT2D eigenvalue weighted by Crippen LogP contribution is 2.24. The smallest absolute Gasteiger partial charge is 0.288 e. The van der Waals surface area contributed by atoms with Gasteiger partial charge in [-0.05, 0) is 25.5 Å². The number of likely N-dealkylation sites (N-methyl/N-ethyl adjacent to an activating group) is 1. The Bertz CT molecular complexity index is 460. The van der Waals surface area contributed by atoms with E-state index in [1.807, 2.05) is 13.0 Å². The summed E-state index contributed by atoms with van der Waals surface area (Å²) in [5, 5.41) is 11.0. The van der Waals surface area contributed by atoms with E-state index in [0.29, 0.717) is 0 Å². The van der Waals surface area contributed by atoms with Gasteiger partial charge in [-0.3, -0.25) is 10.1 Å². The maximum Gasteiger partial charge on any atom is 0.288 e. The van der Waals surface area contributed by atoms with Crippen molar-refractivity contribution in [2.45, 2.75) is 20.4 Å². The predicted molar refractivity (Wildman–Crippen MR) is 73.0 cm³/mol. The van der Waals surface area contributed by atoms with Crippen molar-refractivity contribution in [2.24, 2.45) is 0 Å². The molecule has 0 spiro atoms. The SMILES string of the molecule is C=C(C)C[NH+](CC)Cc1ccc(Cl)c([N+](=O)[O-])c1. The first-order chi connectivity index (χ1) is 8.43. The van der Waals surface area contributed by atoms with Crippen molar-refractivity contribution >= 4 is 17.3 Å². The zero-order valence-corrected chi connectivity index (χ0v) is 11.5. The van der Waals surface area contributed by atoms with Crippen LogP contribution in [0.3, 0.4) is 0 Å². The van der Waals surface area contributed by atoms with Gasteiger partial charge < -0.3 is 4.90 Å². The number of halogens is 1. The summed E-state index contributed by atoms with van der Waals surface area (Å²) >= 11 is 5.78. The minimum atomic E-state index is -0.448. The van der Waals surface area contributed by atoms with Gasteiger partial charge >= 0.3 is 0 Å². The molecule has 4 nitrogen and oxygen atoms in total. The standard InChI is InChI=1S/C13H17ClN2O2/c1-4-15(8-10(2)3)9-11-5-6-12(14)13(7-11)16(17)18/h5-7H,2,4,8-9H2,1,3H3/p+1. The molecule has 0 amide bonds. The molecule has 0 aliphatic rings. The monoisotopic (exact) mass is 269 g/mol. The number of nitro groups is 1. The normalized spacial score (nSPS) is 12.2. The molecule has 1 unspecified atom stereocenters. The van der Waals surface area contributed by atoms with Gasteiger partial charge in [0.1, 0.15) is 11.6 Å². The van der Waals surface area contributed by atoms with Gasteiger partial charge in [-0.25, -0.2) is 0 Å². The predicted octanol–water partition coefficient (Wildman–Crippen LogP) is 2.23. The van der Waals surface area contributed by atoms with Gasteiger partial charge in [0.25, 0.3) is 5.69 Å². The second kappa shape index (κ2) is 6.52. The number of benzene rings is 1. The third kappa shape index (κ3) is 4.13. The van der Waals surface area contributed by atoms with Crippen molar-refractivity contribution in [1.82, 2.24) is 0 Å². The molecule has 0 saturated heterocycles. The van der Waals surface area contributed by atoms with Crippen LogP contribution in [-0.4, -0.2) is 18.0 Å². The fourth-order valence-electron chi connectivity index (χ4n) is 1.84. The molecule has 1 atom stereocenters. The molecule has 0 radical (unpaired) electrons. The van der Waals surface area contributed by atoms with E-state index < -0.39 is 4.92 Å². The van der Waals surface area contributed by atoms with Gasteiger partial charge in [0, 0.05) is 11.6 Å². The Morgan fingerprint density at radius 2 is 2.22 bits per heavy atom. The highest BCUT2D eigenvalue weighted by molar-refractivity contribution is 6.32. The van der Waals surface area contributed by atoms with Crippen LogP contribution in [0.1, 0.15) is 19.4 Å². The van der Waals surface area contributed by atoms with E-state index in [9.17, 15) is 10.1 Å². The van der Waals surface area contributed by atoms with E-state index in [0.717, 1.165) is 30.8 Å². The molecular formula is C13H18ClN2O2+. The van der Waals surface area contributed by atoms with Gasteiger partial charge in [0.2, 0.25) is 0 Å². The van der Waals surface area contributed by atoms with Gasteiger partial charge in [-0.1, -0.05) is 24.2 Å². The van der Waals surface area contributed by atoms with Crippen LogP contribution in [0.2, 0.25) is 5.02 Å². The average Bonchev–Trinajstić information content (AvgIpc) is 2.29. The number of hydrogen-bond acceptors (Lipinski definition) is 2. The van der Waals surface area contributed by atoms with Crippen molar-refractivity contribution < 1.29 is 9.82 Å². The van der Waals surface area contributed by atoms with E-state index in [2.05, 4.69) is 13.5 Å². The molecule has 18 heavy (non-hydrogen) atoms. The molecule has 0 aromatic heterocycles. The minimum absolute atomic E-state index is 0.0278. The van der Waals surface area contributed by atoms with E-state index >= 15 is 0 Å². The zero-order valence-electron chi connectivity index (χ0n) is 10.7. The minimum Gasteiger partial charge on any atom is -0.328 e. The molecule has 0 heterocycles. The fraction of sp³-hybridized carbons (Fsp3) is 0.385. The third-order valence-corrected chi connectivity index (χ3v) is 3.03. The van der Waals surface area contributed by atoms with Crippen LogP contribution in [0.5, 0.6) is 0 Å². The average molecular weight is 270 g/mol. The first-order valence-corrected chi connectivity index (χ1v) is 6.22. The summed E-state index contributed by atoms with van der Waals surface area (Å²) in [4.78, 5) is 11.7. The maximum atomic E-state index is 10.8. The third-order valence-electron chi connectivity index (χ3n) is 2.71. The van der Waals surface area contributed by atoms with Gasteiger partial charge in [-0.15, -0.1) is 0 Å². The van der Waals surface area contributed by atoms with Crippen LogP contribution < -0.4 is 4.90 Å². The Balaban J connectivity index is 2.87. The van der Waals surface area contributed by atoms with Crippen molar-refractivity contribution in [3.8, 4) is 0 Å². The number of hydrogen-bond donors (Lipinski definition) is 1. The molecule has 1 rings (SSSR count). The Morgan fingerprint density at radius 3 is 2.72 bits per heavy atom. The molecule has 5 heteroatoms. The number of nitrogens with zero attached hydrogens (tertiary/aromatic N) is 1. The van der Waals surface area contributed by atoms with Crippen molar-refractivity contribution in [3.63, 3.8) is 0 Å². The summed E-state index contributed by atoms with van der Waals surface area (Å²) in [5.41, 5.74) is 2.00. The van der Waals surface area contributed by atoms with Crippen LogP contribution in [0, 0.1) is 10.1 Å². The number of quaternary nitrogens is 1. The van der Waals surface area contributed by atoms with E-state index in [4.69, 9.17) is 11.6 Å². The molecule has 1 aromatic rings. The molecule has 0 fully saturated rings. The Hall–Kier alpha value is -1.39. The van der Waals surface area contributed by atoms with Crippen LogP contribution >= 0.6 is 11.6 Å². The largest absolute Gasteiger partial charge is 0.328 e. The first-order valence-electron chi connectivity index (χ1n) is 5.84. The molecule has 1 N–H and O–H groups in total. The molecule has 0 aliphatic carbocycles. The number of nitro benzene ring substituents is 1. The highest BCUT2D eigenvalue weighted by atomic mass is 35.5. The lowest BCUT2D eigenvalue weighted by Gasteiger charge is -2.17. The highest BCUT2D eigenvalue weighted by Gasteiger charge is 2.15. The summed E-state index contributed by atoms with van der Waals surface area (Å²) in [5.74, 6) is 0. The first kappa shape index (κ1) is 14.7. The van der Waals surface area contributed by atoms with Crippen LogP contribution in [-0.2, 0) is 6.54 Å². The van der Waals surface area contributed by atoms with Crippen LogP contribution in [0.4, 0.5) is 5.69 Å². The lowest BCUT2D eigenvalue weighted by molar-refractivity contribution is -0.907. The summed E-state index contributed by atoms with van der Waals surface area (Å²) < 4.78 is 0. The van der Waals surface area contributed by atoms with Crippen LogP contribution in [0.25, 0.3) is 0 Å². The molecule has 0 saturated carbocycles. The van der Waals surface area contributed by atoms with Gasteiger partial charge in [0.15, 0.2) is 0 Å². The van der Waals surface area contributed by atoms with Crippen LogP contribution in [0.15, 0.2) is 30.4 Å². The maximum absolute atomic E-state index is 10.8. The molecule has 0 aliphatic heterocycles. The second-order valence-corrected chi connectivity index (χ2v) is 4.86. The van der Waals surface area contributed by atoms with Crippen molar-refractivity contribution in [3.05, 3.63) is 51.1 Å². The number of nitrogens with one attached hydrogen (secondary N) is 1. The summed E-state index contributed by atoms with van der Waals surface area (Å²) in [6.07, 6.45) is 0. The Morgan fingerprint density at radius 1 is 1.56 bits per heavy atom. The Labute approximate surface area is 112 Å². The lowest BCUT2D eigenvalue weighted by atomic mass is 10.2. The summed E-state index contributed by atoms with van der Waals surface area (Å²) in [7, 11) is 0. The molecule has 98 valence electrons. The van der Waals surface area contributed by atoms with E-state index in [1.54, 1.807) is 12.1 Å². The quantitative estimate of drug-likeness (QED) is 0.489. The van der Waals surface area contributed by atoms with Gasteiger partial charge in [-0.2, -0.15) is 0 Å². The molecule has 1 aromatic carbocycles. The zero-order chi connectivity index (χ0) is 13.7.